The Labute approximate surface area is 118 Å². The van der Waals surface area contributed by atoms with Gasteiger partial charge in [0, 0.05) is 19.8 Å². The van der Waals surface area contributed by atoms with Crippen LogP contribution in [0.4, 0.5) is 0 Å². The van der Waals surface area contributed by atoms with E-state index in [2.05, 4.69) is 27.9 Å². The molecule has 104 valence electrons. The topological polar surface area (TPSA) is 59.0 Å². The summed E-state index contributed by atoms with van der Waals surface area (Å²) in [4.78, 5) is 12.2. The summed E-state index contributed by atoms with van der Waals surface area (Å²) in [5.41, 5.74) is 3.53. The van der Waals surface area contributed by atoms with Crippen molar-refractivity contribution in [1.29, 1.82) is 0 Å². The summed E-state index contributed by atoms with van der Waals surface area (Å²) in [6.45, 7) is 1.26. The van der Waals surface area contributed by atoms with Gasteiger partial charge in [-0.15, -0.1) is 0 Å². The lowest BCUT2D eigenvalue weighted by Gasteiger charge is -2.25. The molecule has 3 rings (SSSR count). The number of fused-ring (bicyclic) bond motifs is 1. The van der Waals surface area contributed by atoms with Gasteiger partial charge in [0.05, 0.1) is 18.3 Å². The minimum absolute atomic E-state index is 0.0423. The van der Waals surface area contributed by atoms with Crippen molar-refractivity contribution in [2.45, 2.75) is 25.6 Å². The van der Waals surface area contributed by atoms with E-state index in [9.17, 15) is 4.79 Å². The Kier molecular flexibility index (Phi) is 3.52. The molecule has 1 unspecified atom stereocenters. The molecule has 0 spiro atoms. The lowest BCUT2D eigenvalue weighted by molar-refractivity contribution is -0.123. The van der Waals surface area contributed by atoms with Gasteiger partial charge < -0.3 is 10.6 Å². The fourth-order valence-corrected chi connectivity index (χ4v) is 2.52. The number of aryl methyl sites for hydroxylation is 1. The Hall–Kier alpha value is -2.14. The molecule has 0 bridgehead atoms. The standard InChI is InChI=1S/C15H18N4O/c1-19-13(6-7-18-19)10-17-15(20)14-8-11-4-2-3-5-12(11)9-16-14/h2-7,14,16H,8-10H2,1H3,(H,17,20). The number of hydrogen-bond acceptors (Lipinski definition) is 3. The summed E-state index contributed by atoms with van der Waals surface area (Å²) in [6, 6.07) is 10.0. The van der Waals surface area contributed by atoms with Gasteiger partial charge in [0.1, 0.15) is 0 Å². The summed E-state index contributed by atoms with van der Waals surface area (Å²) < 4.78 is 1.77. The van der Waals surface area contributed by atoms with E-state index in [0.29, 0.717) is 6.54 Å². The number of benzene rings is 1. The first-order chi connectivity index (χ1) is 9.74. The highest BCUT2D eigenvalue weighted by Crippen LogP contribution is 2.16. The fraction of sp³-hybridized carbons (Fsp3) is 0.333. The van der Waals surface area contributed by atoms with E-state index in [1.54, 1.807) is 10.9 Å². The molecule has 2 N–H and O–H groups in total. The van der Waals surface area contributed by atoms with Crippen LogP contribution in [-0.4, -0.2) is 21.7 Å². The Bertz CT molecular complexity index is 620. The number of nitrogens with zero attached hydrogens (tertiary/aromatic N) is 2. The maximum Gasteiger partial charge on any atom is 0.237 e. The van der Waals surface area contributed by atoms with Crippen molar-refractivity contribution >= 4 is 5.91 Å². The predicted octanol–water partition coefficient (Wildman–Crippen LogP) is 0.751. The monoisotopic (exact) mass is 270 g/mol. The van der Waals surface area contributed by atoms with Crippen LogP contribution in [0.25, 0.3) is 0 Å². The van der Waals surface area contributed by atoms with Crippen LogP contribution in [0.5, 0.6) is 0 Å². The third-order valence-electron chi connectivity index (χ3n) is 3.76. The number of amides is 1. The summed E-state index contributed by atoms with van der Waals surface area (Å²) in [7, 11) is 1.87. The first-order valence-electron chi connectivity index (χ1n) is 6.79. The van der Waals surface area contributed by atoms with Gasteiger partial charge in [0.2, 0.25) is 5.91 Å². The number of aromatic nitrogens is 2. The Morgan fingerprint density at radius 2 is 2.20 bits per heavy atom. The summed E-state index contributed by atoms with van der Waals surface area (Å²) in [5, 5.41) is 10.3. The van der Waals surface area contributed by atoms with Crippen LogP contribution in [0.2, 0.25) is 0 Å². The zero-order chi connectivity index (χ0) is 13.9. The lowest BCUT2D eigenvalue weighted by Crippen LogP contribution is -2.47. The van der Waals surface area contributed by atoms with Crippen LogP contribution in [0.3, 0.4) is 0 Å². The van der Waals surface area contributed by atoms with Gasteiger partial charge in [0.15, 0.2) is 0 Å². The predicted molar refractivity (Wildman–Crippen MR) is 75.8 cm³/mol. The minimum atomic E-state index is -0.155. The third-order valence-corrected chi connectivity index (χ3v) is 3.76. The number of hydrogen-bond donors (Lipinski definition) is 2. The van der Waals surface area contributed by atoms with Crippen molar-refractivity contribution < 1.29 is 4.79 Å². The molecule has 5 nitrogen and oxygen atoms in total. The summed E-state index contributed by atoms with van der Waals surface area (Å²) in [6.07, 6.45) is 2.48. The van der Waals surface area contributed by atoms with Gasteiger partial charge in [-0.2, -0.15) is 5.10 Å². The molecule has 0 fully saturated rings. The average molecular weight is 270 g/mol. The second kappa shape index (κ2) is 5.46. The van der Waals surface area contributed by atoms with E-state index in [0.717, 1.165) is 18.7 Å². The van der Waals surface area contributed by atoms with Gasteiger partial charge >= 0.3 is 0 Å². The van der Waals surface area contributed by atoms with Crippen LogP contribution in [-0.2, 0) is 31.4 Å². The molecular formula is C15H18N4O. The SMILES string of the molecule is Cn1nccc1CNC(=O)C1Cc2ccccc2CN1. The number of rotatable bonds is 3. The van der Waals surface area contributed by atoms with E-state index in [-0.39, 0.29) is 11.9 Å². The van der Waals surface area contributed by atoms with E-state index >= 15 is 0 Å². The van der Waals surface area contributed by atoms with E-state index < -0.39 is 0 Å². The first-order valence-corrected chi connectivity index (χ1v) is 6.79. The molecule has 2 aromatic rings. The Morgan fingerprint density at radius 1 is 1.40 bits per heavy atom. The van der Waals surface area contributed by atoms with Crippen molar-refractivity contribution in [2.75, 3.05) is 0 Å². The molecule has 2 heterocycles. The summed E-state index contributed by atoms with van der Waals surface area (Å²) in [5.74, 6) is 0.0423. The molecule has 1 amide bonds. The van der Waals surface area contributed by atoms with Crippen LogP contribution in [0, 0.1) is 0 Å². The molecule has 0 radical (unpaired) electrons. The smallest absolute Gasteiger partial charge is 0.237 e. The highest BCUT2D eigenvalue weighted by Gasteiger charge is 2.23. The van der Waals surface area contributed by atoms with Gasteiger partial charge in [-0.05, 0) is 23.6 Å². The molecule has 1 aliphatic heterocycles. The molecule has 1 aromatic heterocycles. The molecule has 1 aromatic carbocycles. The minimum Gasteiger partial charge on any atom is -0.349 e. The molecule has 0 saturated heterocycles. The Morgan fingerprint density at radius 3 is 2.95 bits per heavy atom. The molecule has 1 aliphatic rings. The van der Waals surface area contributed by atoms with Gasteiger partial charge in [0.25, 0.3) is 0 Å². The molecule has 5 heteroatoms. The van der Waals surface area contributed by atoms with Gasteiger partial charge in [-0.1, -0.05) is 24.3 Å². The fourth-order valence-electron chi connectivity index (χ4n) is 2.52. The number of carbonyl (C=O) groups is 1. The van der Waals surface area contributed by atoms with Gasteiger partial charge in [-0.3, -0.25) is 9.48 Å². The molecule has 20 heavy (non-hydrogen) atoms. The quantitative estimate of drug-likeness (QED) is 0.865. The first kappa shape index (κ1) is 12.9. The van der Waals surface area contributed by atoms with Crippen molar-refractivity contribution in [3.8, 4) is 0 Å². The van der Waals surface area contributed by atoms with Crippen molar-refractivity contribution in [1.82, 2.24) is 20.4 Å². The Balaban J connectivity index is 1.60. The summed E-state index contributed by atoms with van der Waals surface area (Å²) >= 11 is 0. The maximum atomic E-state index is 12.2. The van der Waals surface area contributed by atoms with Crippen LogP contribution < -0.4 is 10.6 Å². The van der Waals surface area contributed by atoms with Crippen LogP contribution in [0.1, 0.15) is 16.8 Å². The van der Waals surface area contributed by atoms with E-state index in [1.165, 1.54) is 11.1 Å². The van der Waals surface area contributed by atoms with Gasteiger partial charge in [-0.25, -0.2) is 0 Å². The van der Waals surface area contributed by atoms with Crippen molar-refractivity contribution in [3.63, 3.8) is 0 Å². The van der Waals surface area contributed by atoms with Crippen LogP contribution >= 0.6 is 0 Å². The lowest BCUT2D eigenvalue weighted by atomic mass is 9.95. The normalized spacial score (nSPS) is 17.6. The second-order valence-electron chi connectivity index (χ2n) is 5.07. The number of carbonyl (C=O) groups excluding carboxylic acids is 1. The van der Waals surface area contributed by atoms with Crippen molar-refractivity contribution in [2.24, 2.45) is 7.05 Å². The highest BCUT2D eigenvalue weighted by molar-refractivity contribution is 5.82. The number of nitrogens with one attached hydrogen (secondary N) is 2. The van der Waals surface area contributed by atoms with E-state index in [1.807, 2.05) is 25.2 Å². The largest absolute Gasteiger partial charge is 0.349 e. The molecule has 0 saturated carbocycles. The average Bonchev–Trinajstić information content (AvgIpc) is 2.89. The van der Waals surface area contributed by atoms with Crippen LogP contribution in [0.15, 0.2) is 36.5 Å². The molecular weight excluding hydrogens is 252 g/mol. The maximum absolute atomic E-state index is 12.2. The van der Waals surface area contributed by atoms with E-state index in [4.69, 9.17) is 0 Å². The van der Waals surface area contributed by atoms with Crippen molar-refractivity contribution in [3.05, 3.63) is 53.3 Å². The third kappa shape index (κ3) is 2.58. The second-order valence-corrected chi connectivity index (χ2v) is 5.07. The highest BCUT2D eigenvalue weighted by atomic mass is 16.2. The zero-order valence-corrected chi connectivity index (χ0v) is 11.5. The zero-order valence-electron chi connectivity index (χ0n) is 11.5. The molecule has 1 atom stereocenters. The molecule has 0 aliphatic carbocycles.